The van der Waals surface area contributed by atoms with E-state index in [-0.39, 0.29) is 24.4 Å². The van der Waals surface area contributed by atoms with Gasteiger partial charge in [0.25, 0.3) is 5.91 Å². The first-order chi connectivity index (χ1) is 9.74. The van der Waals surface area contributed by atoms with Gasteiger partial charge in [-0.1, -0.05) is 13.3 Å². The summed E-state index contributed by atoms with van der Waals surface area (Å²) in [5.41, 5.74) is -1.08. The third kappa shape index (κ3) is 5.41. The zero-order valence-electron chi connectivity index (χ0n) is 11.3. The van der Waals surface area contributed by atoms with Crippen molar-refractivity contribution in [2.75, 3.05) is 6.54 Å². The standard InChI is InChI=1S/C13H15F3N2O3/c1-2-8(5-11(19)20)6-18-12(21)9-3-4-10(17-7-9)13(14,15)16/h3-4,7-8H,2,5-6H2,1H3,(H,18,21)(H,19,20). The number of alkyl halides is 3. The van der Waals surface area contributed by atoms with Crippen molar-refractivity contribution >= 4 is 11.9 Å². The summed E-state index contributed by atoms with van der Waals surface area (Å²) >= 11 is 0. The van der Waals surface area contributed by atoms with Gasteiger partial charge in [0.2, 0.25) is 0 Å². The molecule has 0 aromatic carbocycles. The molecule has 8 heteroatoms. The molecule has 5 nitrogen and oxygen atoms in total. The zero-order chi connectivity index (χ0) is 16.0. The number of carbonyl (C=O) groups excluding carboxylic acids is 1. The Morgan fingerprint density at radius 2 is 2.05 bits per heavy atom. The smallest absolute Gasteiger partial charge is 0.433 e. The minimum atomic E-state index is -4.55. The quantitative estimate of drug-likeness (QED) is 0.845. The second kappa shape index (κ2) is 7.05. The van der Waals surface area contributed by atoms with E-state index in [9.17, 15) is 22.8 Å². The first-order valence-corrected chi connectivity index (χ1v) is 6.27. The highest BCUT2D eigenvalue weighted by Crippen LogP contribution is 2.27. The topological polar surface area (TPSA) is 79.3 Å². The van der Waals surface area contributed by atoms with Crippen LogP contribution in [-0.2, 0) is 11.0 Å². The van der Waals surface area contributed by atoms with E-state index in [0.29, 0.717) is 6.42 Å². The molecule has 1 unspecified atom stereocenters. The first-order valence-electron chi connectivity index (χ1n) is 6.27. The van der Waals surface area contributed by atoms with Crippen LogP contribution in [0, 0.1) is 5.92 Å². The van der Waals surface area contributed by atoms with Crippen molar-refractivity contribution in [2.45, 2.75) is 25.9 Å². The molecule has 0 fully saturated rings. The highest BCUT2D eigenvalue weighted by molar-refractivity contribution is 5.93. The van der Waals surface area contributed by atoms with Gasteiger partial charge in [0, 0.05) is 19.2 Å². The van der Waals surface area contributed by atoms with Gasteiger partial charge < -0.3 is 10.4 Å². The van der Waals surface area contributed by atoms with Crippen LogP contribution in [0.1, 0.15) is 35.8 Å². The largest absolute Gasteiger partial charge is 0.481 e. The molecule has 0 saturated heterocycles. The fraction of sp³-hybridized carbons (Fsp3) is 0.462. The van der Waals surface area contributed by atoms with Crippen molar-refractivity contribution in [3.63, 3.8) is 0 Å². The van der Waals surface area contributed by atoms with E-state index in [4.69, 9.17) is 5.11 Å². The zero-order valence-corrected chi connectivity index (χ0v) is 11.3. The lowest BCUT2D eigenvalue weighted by Crippen LogP contribution is -2.30. The molecular formula is C13H15F3N2O3. The molecular weight excluding hydrogens is 289 g/mol. The molecule has 0 spiro atoms. The fourth-order valence-electron chi connectivity index (χ4n) is 1.64. The van der Waals surface area contributed by atoms with Crippen LogP contribution < -0.4 is 5.32 Å². The Morgan fingerprint density at radius 1 is 1.38 bits per heavy atom. The van der Waals surface area contributed by atoms with E-state index < -0.39 is 23.7 Å². The van der Waals surface area contributed by atoms with Crippen molar-refractivity contribution in [3.05, 3.63) is 29.6 Å². The van der Waals surface area contributed by atoms with Crippen LogP contribution in [0.15, 0.2) is 18.3 Å². The second-order valence-corrected chi connectivity index (χ2v) is 4.51. The number of aromatic nitrogens is 1. The highest BCUT2D eigenvalue weighted by Gasteiger charge is 2.32. The maximum atomic E-state index is 12.3. The van der Waals surface area contributed by atoms with E-state index in [2.05, 4.69) is 10.3 Å². The molecule has 0 aliphatic carbocycles. The lowest BCUT2D eigenvalue weighted by atomic mass is 10.0. The third-order valence-electron chi connectivity index (χ3n) is 2.91. The summed E-state index contributed by atoms with van der Waals surface area (Å²) in [6, 6.07) is 1.76. The third-order valence-corrected chi connectivity index (χ3v) is 2.91. The molecule has 21 heavy (non-hydrogen) atoms. The Bertz CT molecular complexity index is 500. The van der Waals surface area contributed by atoms with Gasteiger partial charge in [-0.25, -0.2) is 0 Å². The molecule has 2 N–H and O–H groups in total. The second-order valence-electron chi connectivity index (χ2n) is 4.51. The van der Waals surface area contributed by atoms with E-state index in [1.165, 1.54) is 0 Å². The summed E-state index contributed by atoms with van der Waals surface area (Å²) in [5, 5.41) is 11.2. The number of halogens is 3. The molecule has 116 valence electrons. The predicted molar refractivity (Wildman–Crippen MR) is 67.6 cm³/mol. The van der Waals surface area contributed by atoms with Gasteiger partial charge in [0.1, 0.15) is 5.69 Å². The van der Waals surface area contributed by atoms with Gasteiger partial charge in [0.05, 0.1) is 5.56 Å². The summed E-state index contributed by atoms with van der Waals surface area (Å²) < 4.78 is 37.0. The Morgan fingerprint density at radius 3 is 2.48 bits per heavy atom. The van der Waals surface area contributed by atoms with Crippen molar-refractivity contribution in [1.82, 2.24) is 10.3 Å². The number of hydrogen-bond acceptors (Lipinski definition) is 3. The monoisotopic (exact) mass is 304 g/mol. The van der Waals surface area contributed by atoms with Crippen LogP contribution in [0.4, 0.5) is 13.2 Å². The van der Waals surface area contributed by atoms with Crippen molar-refractivity contribution in [3.8, 4) is 0 Å². The van der Waals surface area contributed by atoms with Crippen LogP contribution >= 0.6 is 0 Å². The average molecular weight is 304 g/mol. The molecule has 1 heterocycles. The van der Waals surface area contributed by atoms with Gasteiger partial charge in [-0.15, -0.1) is 0 Å². The summed E-state index contributed by atoms with van der Waals surface area (Å²) in [4.78, 5) is 25.5. The SMILES string of the molecule is CCC(CNC(=O)c1ccc(C(F)(F)F)nc1)CC(=O)O. The molecule has 0 saturated carbocycles. The van der Waals surface area contributed by atoms with Gasteiger partial charge in [0.15, 0.2) is 0 Å². The van der Waals surface area contributed by atoms with Gasteiger partial charge in [-0.2, -0.15) is 13.2 Å². The summed E-state index contributed by atoms with van der Waals surface area (Å²) in [6.07, 6.45) is -3.22. The molecule has 0 radical (unpaired) electrons. The molecule has 0 aliphatic rings. The first kappa shape index (κ1) is 16.9. The van der Waals surface area contributed by atoms with E-state index in [1.54, 1.807) is 6.92 Å². The number of carboxylic acids is 1. The van der Waals surface area contributed by atoms with Gasteiger partial charge in [-0.05, 0) is 18.1 Å². The Balaban J connectivity index is 2.61. The maximum Gasteiger partial charge on any atom is 0.433 e. The van der Waals surface area contributed by atoms with Crippen LogP contribution in [-0.4, -0.2) is 28.5 Å². The number of hydrogen-bond donors (Lipinski definition) is 2. The number of amides is 1. The summed E-state index contributed by atoms with van der Waals surface area (Å²) in [7, 11) is 0. The normalized spacial score (nSPS) is 12.8. The van der Waals surface area contributed by atoms with Crippen LogP contribution in [0.25, 0.3) is 0 Å². The number of rotatable bonds is 6. The molecule has 1 aromatic heterocycles. The minimum Gasteiger partial charge on any atom is -0.481 e. The van der Waals surface area contributed by atoms with Crippen LogP contribution in [0.3, 0.4) is 0 Å². The summed E-state index contributed by atoms with van der Waals surface area (Å²) in [5.74, 6) is -1.78. The summed E-state index contributed by atoms with van der Waals surface area (Å²) in [6.45, 7) is 1.93. The van der Waals surface area contributed by atoms with Gasteiger partial charge in [-0.3, -0.25) is 14.6 Å². The fourth-order valence-corrected chi connectivity index (χ4v) is 1.64. The number of nitrogens with zero attached hydrogens (tertiary/aromatic N) is 1. The molecule has 0 bridgehead atoms. The van der Waals surface area contributed by atoms with E-state index in [1.807, 2.05) is 0 Å². The molecule has 1 aromatic rings. The maximum absolute atomic E-state index is 12.3. The Labute approximate surface area is 119 Å². The van der Waals surface area contributed by atoms with Crippen LogP contribution in [0.5, 0.6) is 0 Å². The molecule has 1 amide bonds. The molecule has 1 rings (SSSR count). The van der Waals surface area contributed by atoms with Crippen molar-refractivity contribution in [1.29, 1.82) is 0 Å². The van der Waals surface area contributed by atoms with Crippen molar-refractivity contribution in [2.24, 2.45) is 5.92 Å². The number of carbonyl (C=O) groups is 2. The van der Waals surface area contributed by atoms with Crippen molar-refractivity contribution < 1.29 is 27.9 Å². The minimum absolute atomic E-state index is 0.00632. The molecule has 0 aliphatic heterocycles. The lowest BCUT2D eigenvalue weighted by molar-refractivity contribution is -0.141. The van der Waals surface area contributed by atoms with Crippen LogP contribution in [0.2, 0.25) is 0 Å². The Hall–Kier alpha value is -2.12. The number of aliphatic carboxylic acids is 1. The average Bonchev–Trinajstić information content (AvgIpc) is 2.41. The predicted octanol–water partition coefficient (Wildman–Crippen LogP) is 2.33. The van der Waals surface area contributed by atoms with E-state index >= 15 is 0 Å². The number of pyridine rings is 1. The van der Waals surface area contributed by atoms with E-state index in [0.717, 1.165) is 18.3 Å². The number of carboxylic acid groups (broad SMARTS) is 1. The van der Waals surface area contributed by atoms with Gasteiger partial charge >= 0.3 is 12.1 Å². The Kier molecular flexibility index (Phi) is 5.69. The highest BCUT2D eigenvalue weighted by atomic mass is 19.4. The molecule has 1 atom stereocenters. The lowest BCUT2D eigenvalue weighted by Gasteiger charge is -2.13. The number of nitrogens with one attached hydrogen (secondary N) is 1.